The van der Waals surface area contributed by atoms with Crippen molar-refractivity contribution in [1.82, 2.24) is 19.8 Å². The Morgan fingerprint density at radius 2 is 1.83 bits per heavy atom. The molecule has 1 unspecified atom stereocenters. The van der Waals surface area contributed by atoms with Crippen LogP contribution in [0.5, 0.6) is 0 Å². The number of nitrogens with one attached hydrogen (secondary N) is 2. The molecule has 2 aromatic rings. The summed E-state index contributed by atoms with van der Waals surface area (Å²) >= 11 is 0. The summed E-state index contributed by atoms with van der Waals surface area (Å²) in [6.45, 7) is 5.44. The molecule has 2 aliphatic carbocycles. The van der Waals surface area contributed by atoms with Gasteiger partial charge in [-0.25, -0.2) is 22.4 Å². The molecule has 0 spiro atoms. The molecular weight excluding hydrogens is 794 g/mol. The van der Waals surface area contributed by atoms with E-state index in [1.54, 1.807) is 52.0 Å². The van der Waals surface area contributed by atoms with E-state index in [-0.39, 0.29) is 58.2 Å². The van der Waals surface area contributed by atoms with Crippen LogP contribution < -0.4 is 10.6 Å². The van der Waals surface area contributed by atoms with Gasteiger partial charge in [0.05, 0.1) is 24.0 Å². The third-order valence-corrected chi connectivity index (χ3v) is 12.8. The standard InChI is InChI=1S/C40H48FN5O12S/c1-5-56-37(50)40-22-26(40)12-8-9-17-44(59(54,55)33-15-7-6-14-31(33)46(52)53)18-16-30(42-38(51)58-39(2,3)4)35(48)45-23-27(21-32(45)34(47)43-40)57-36(49)25-19-24-11-10-13-29(41)28(24)20-25/h6-8,10-15,25-27,30,32H,5,9,16-23H2,1-4H3,(H,42,51)(H,43,47)/b12-8-/t25?,26-,27+,30-,32-,40+/m0/s1. The molecule has 19 heteroatoms. The van der Waals surface area contributed by atoms with Crippen molar-refractivity contribution in [2.75, 3.05) is 26.2 Å². The Bertz CT molecular complexity index is 2160. The Labute approximate surface area is 340 Å². The van der Waals surface area contributed by atoms with E-state index in [0.717, 1.165) is 21.3 Å². The average molecular weight is 842 g/mol. The van der Waals surface area contributed by atoms with Crippen LogP contribution in [0.4, 0.5) is 14.9 Å². The second-order valence-electron chi connectivity index (χ2n) is 16.1. The lowest BCUT2D eigenvalue weighted by molar-refractivity contribution is -0.387. The number of rotatable bonds is 8. The van der Waals surface area contributed by atoms with Gasteiger partial charge in [-0.1, -0.05) is 36.4 Å². The minimum Gasteiger partial charge on any atom is -0.464 e. The summed E-state index contributed by atoms with van der Waals surface area (Å²) in [5.74, 6) is -4.69. The minimum absolute atomic E-state index is 0.00431. The number of carbonyl (C=O) groups is 5. The minimum atomic E-state index is -4.60. The predicted octanol–water partition coefficient (Wildman–Crippen LogP) is 3.33. The average Bonchev–Trinajstić information content (AvgIpc) is 3.45. The number of ether oxygens (including phenoxy) is 3. The number of hydrogen-bond acceptors (Lipinski definition) is 12. The molecular formula is C40H48FN5O12S. The van der Waals surface area contributed by atoms with Crippen molar-refractivity contribution >= 4 is 45.6 Å². The first-order chi connectivity index (χ1) is 27.8. The molecule has 4 aliphatic rings. The molecule has 6 rings (SSSR count). The summed E-state index contributed by atoms with van der Waals surface area (Å²) in [5.41, 5.74) is -2.10. The van der Waals surface area contributed by atoms with Gasteiger partial charge in [0.2, 0.25) is 21.8 Å². The number of para-hydroxylation sites is 1. The highest BCUT2D eigenvalue weighted by atomic mass is 32.2. The smallest absolute Gasteiger partial charge is 0.408 e. The van der Waals surface area contributed by atoms with Gasteiger partial charge in [0.1, 0.15) is 35.1 Å². The lowest BCUT2D eigenvalue weighted by Crippen LogP contribution is -2.57. The number of alkyl carbamates (subject to hydrolysis) is 1. The lowest BCUT2D eigenvalue weighted by atomic mass is 10.1. The van der Waals surface area contributed by atoms with Crippen LogP contribution in [0.3, 0.4) is 0 Å². The number of fused-ring (bicyclic) bond motifs is 3. The van der Waals surface area contributed by atoms with Gasteiger partial charge in [-0.05, 0) is 83.1 Å². The van der Waals surface area contributed by atoms with Crippen molar-refractivity contribution in [3.8, 4) is 0 Å². The summed E-state index contributed by atoms with van der Waals surface area (Å²) in [6.07, 6.45) is 1.18. The predicted molar refractivity (Wildman–Crippen MR) is 206 cm³/mol. The van der Waals surface area contributed by atoms with Gasteiger partial charge in [-0.2, -0.15) is 4.31 Å². The Kier molecular flexibility index (Phi) is 12.5. The fourth-order valence-corrected chi connectivity index (χ4v) is 9.53. The van der Waals surface area contributed by atoms with Crippen molar-refractivity contribution in [3.05, 3.63) is 81.7 Å². The summed E-state index contributed by atoms with van der Waals surface area (Å²) in [6, 6.07) is 6.56. The Morgan fingerprint density at radius 3 is 2.53 bits per heavy atom. The maximum absolute atomic E-state index is 14.7. The molecule has 2 N–H and O–H groups in total. The number of sulfonamides is 1. The summed E-state index contributed by atoms with van der Waals surface area (Å²) in [5, 5.41) is 17.2. The Morgan fingerprint density at radius 1 is 1.08 bits per heavy atom. The number of halogens is 1. The van der Waals surface area contributed by atoms with E-state index >= 15 is 0 Å². The zero-order valence-corrected chi connectivity index (χ0v) is 34.0. The first-order valence-electron chi connectivity index (χ1n) is 19.5. The van der Waals surface area contributed by atoms with Crippen LogP contribution in [0, 0.1) is 27.8 Å². The molecule has 3 amide bonds. The molecule has 0 aromatic heterocycles. The molecule has 2 fully saturated rings. The molecule has 0 bridgehead atoms. The molecule has 2 aliphatic heterocycles. The van der Waals surface area contributed by atoms with Crippen LogP contribution in [0.1, 0.15) is 64.5 Å². The quantitative estimate of drug-likeness (QED) is 0.129. The van der Waals surface area contributed by atoms with Crippen LogP contribution in [0.15, 0.2) is 59.5 Å². The fourth-order valence-electron chi connectivity index (χ4n) is 7.90. The zero-order valence-electron chi connectivity index (χ0n) is 33.2. The number of carbonyl (C=O) groups excluding carboxylic acids is 5. The highest BCUT2D eigenvalue weighted by molar-refractivity contribution is 7.89. The van der Waals surface area contributed by atoms with Crippen LogP contribution in [-0.4, -0.2) is 108 Å². The Hall–Kier alpha value is -5.43. The first-order valence-corrected chi connectivity index (χ1v) is 20.9. The number of nitro groups is 1. The van der Waals surface area contributed by atoms with E-state index in [9.17, 15) is 46.9 Å². The number of benzene rings is 2. The van der Waals surface area contributed by atoms with E-state index in [1.807, 2.05) is 0 Å². The van der Waals surface area contributed by atoms with E-state index in [4.69, 9.17) is 14.2 Å². The number of nitro benzene ring substituents is 1. The molecule has 318 valence electrons. The monoisotopic (exact) mass is 841 g/mol. The molecule has 17 nitrogen and oxygen atoms in total. The fraction of sp³-hybridized carbons (Fsp3) is 0.525. The number of amides is 3. The van der Waals surface area contributed by atoms with E-state index in [1.165, 1.54) is 18.2 Å². The van der Waals surface area contributed by atoms with Crippen molar-refractivity contribution in [3.63, 3.8) is 0 Å². The van der Waals surface area contributed by atoms with Crippen molar-refractivity contribution in [1.29, 1.82) is 0 Å². The first kappa shape index (κ1) is 43.2. The van der Waals surface area contributed by atoms with E-state index in [0.29, 0.717) is 11.1 Å². The maximum Gasteiger partial charge on any atom is 0.408 e. The van der Waals surface area contributed by atoms with Crippen LogP contribution in [0.25, 0.3) is 0 Å². The largest absolute Gasteiger partial charge is 0.464 e. The molecule has 0 radical (unpaired) electrons. The van der Waals surface area contributed by atoms with Gasteiger partial charge >= 0.3 is 18.0 Å². The van der Waals surface area contributed by atoms with Gasteiger partial charge in [-0.15, -0.1) is 0 Å². The third kappa shape index (κ3) is 9.40. The molecule has 1 saturated heterocycles. The topological polar surface area (TPSA) is 221 Å². The SMILES string of the molecule is CCOC(=O)[C@@]12C[C@@H]1/C=C\CCN(S(=O)(=O)c1ccccc1[N+](=O)[O-])CC[C@H](NC(=O)OC(C)(C)C)C(=O)N1C[C@H](OC(=O)C3Cc4cccc(F)c4C3)C[C@H]1C(=O)N2. The van der Waals surface area contributed by atoms with Crippen LogP contribution in [-0.2, 0) is 56.3 Å². The van der Waals surface area contributed by atoms with Gasteiger partial charge in [0.15, 0.2) is 4.90 Å². The molecule has 2 heterocycles. The third-order valence-electron chi connectivity index (χ3n) is 10.8. The number of hydrogen-bond donors (Lipinski definition) is 2. The second kappa shape index (κ2) is 17.0. The molecule has 1 saturated carbocycles. The van der Waals surface area contributed by atoms with Gasteiger partial charge in [0, 0.05) is 31.5 Å². The van der Waals surface area contributed by atoms with Crippen molar-refractivity contribution < 1.29 is 55.9 Å². The Balaban J connectivity index is 1.35. The van der Waals surface area contributed by atoms with Crippen molar-refractivity contribution in [2.24, 2.45) is 11.8 Å². The summed E-state index contributed by atoms with van der Waals surface area (Å²) < 4.78 is 60.5. The van der Waals surface area contributed by atoms with Crippen LogP contribution >= 0.6 is 0 Å². The number of esters is 2. The van der Waals surface area contributed by atoms with Gasteiger partial charge in [0.25, 0.3) is 5.69 Å². The van der Waals surface area contributed by atoms with Crippen LogP contribution in [0.2, 0.25) is 0 Å². The second-order valence-corrected chi connectivity index (χ2v) is 18.0. The normalized spacial score (nSPS) is 26.8. The van der Waals surface area contributed by atoms with Gasteiger partial charge < -0.3 is 29.7 Å². The van der Waals surface area contributed by atoms with Crippen molar-refractivity contribution in [2.45, 2.75) is 100 Å². The summed E-state index contributed by atoms with van der Waals surface area (Å²) in [4.78, 5) is 80.8. The molecule has 6 atom stereocenters. The van der Waals surface area contributed by atoms with Gasteiger partial charge in [-0.3, -0.25) is 24.5 Å². The van der Waals surface area contributed by atoms with E-state index < -0.39 is 109 Å². The summed E-state index contributed by atoms with van der Waals surface area (Å²) in [7, 11) is -4.60. The highest BCUT2D eigenvalue weighted by Crippen LogP contribution is 2.46. The maximum atomic E-state index is 14.7. The van der Waals surface area contributed by atoms with E-state index in [2.05, 4.69) is 10.6 Å². The number of nitrogens with zero attached hydrogens (tertiary/aromatic N) is 3. The zero-order chi connectivity index (χ0) is 42.9. The molecule has 59 heavy (non-hydrogen) atoms. The lowest BCUT2D eigenvalue weighted by Gasteiger charge is -2.31. The highest BCUT2D eigenvalue weighted by Gasteiger charge is 2.62. The molecule has 2 aromatic carbocycles.